The van der Waals surface area contributed by atoms with Gasteiger partial charge in [0.1, 0.15) is 16.9 Å². The zero-order valence-electron chi connectivity index (χ0n) is 16.5. The van der Waals surface area contributed by atoms with Gasteiger partial charge in [0, 0.05) is 24.6 Å². The number of amides is 1. The number of nitrogens with one attached hydrogen (secondary N) is 1. The molecule has 2 aromatic heterocycles. The molecule has 31 heavy (non-hydrogen) atoms. The van der Waals surface area contributed by atoms with Gasteiger partial charge in [-0.15, -0.1) is 10.2 Å². The van der Waals surface area contributed by atoms with E-state index in [0.29, 0.717) is 11.4 Å². The van der Waals surface area contributed by atoms with Crippen molar-refractivity contribution in [2.24, 2.45) is 5.92 Å². The third-order valence-corrected chi connectivity index (χ3v) is 6.07. The van der Waals surface area contributed by atoms with E-state index < -0.39 is 0 Å². The summed E-state index contributed by atoms with van der Waals surface area (Å²) in [6.45, 7) is 1.45. The Morgan fingerprint density at radius 1 is 1.00 bits per heavy atom. The molecular weight excluding hydrogens is 415 g/mol. The number of aromatic nitrogens is 4. The molecule has 0 radical (unpaired) electrons. The highest BCUT2D eigenvalue weighted by atomic mass is 32.1. The normalized spacial score (nSPS) is 14.7. The molecule has 9 heteroatoms. The summed E-state index contributed by atoms with van der Waals surface area (Å²) >= 11 is 1.14. The molecule has 1 N–H and O–H groups in total. The lowest BCUT2D eigenvalue weighted by atomic mass is 9.95. The van der Waals surface area contributed by atoms with Gasteiger partial charge in [0.15, 0.2) is 5.82 Å². The highest BCUT2D eigenvalue weighted by Gasteiger charge is 2.26. The van der Waals surface area contributed by atoms with Gasteiger partial charge >= 0.3 is 0 Å². The van der Waals surface area contributed by atoms with Crippen LogP contribution in [0.3, 0.4) is 0 Å². The molecule has 0 atom stereocenters. The number of halogens is 1. The van der Waals surface area contributed by atoms with Crippen molar-refractivity contribution in [1.82, 2.24) is 18.9 Å². The lowest BCUT2D eigenvalue weighted by Crippen LogP contribution is -2.38. The lowest BCUT2D eigenvalue weighted by Gasteiger charge is -2.31. The number of hydrogen-bond acceptors (Lipinski definition) is 7. The number of benzene rings is 2. The number of nitrogens with zero attached hydrogens (tertiary/aromatic N) is 5. The summed E-state index contributed by atoms with van der Waals surface area (Å²) in [7, 11) is 0. The predicted molar refractivity (Wildman–Crippen MR) is 118 cm³/mol. The van der Waals surface area contributed by atoms with Crippen LogP contribution in [0.25, 0.3) is 22.3 Å². The Bertz CT molecular complexity index is 1200. The summed E-state index contributed by atoms with van der Waals surface area (Å²) in [4.78, 5) is 14.9. The zero-order valence-corrected chi connectivity index (χ0v) is 17.3. The van der Waals surface area contributed by atoms with Crippen LogP contribution in [0.15, 0.2) is 54.6 Å². The minimum absolute atomic E-state index is 0.0119. The Morgan fingerprint density at radius 2 is 1.81 bits per heavy atom. The Hall–Kier alpha value is -3.46. The molecule has 3 heterocycles. The van der Waals surface area contributed by atoms with E-state index in [0.717, 1.165) is 60.1 Å². The van der Waals surface area contributed by atoms with Crippen LogP contribution >= 0.6 is 11.7 Å². The Labute approximate surface area is 182 Å². The Kier molecular flexibility index (Phi) is 5.25. The SMILES string of the molecule is O=C(Nc1cccc2nsnc12)C1CCN(c2ccc(-c3ccc(F)cc3)nn2)CC1. The summed E-state index contributed by atoms with van der Waals surface area (Å²) in [5.74, 6) is 0.450. The van der Waals surface area contributed by atoms with Gasteiger partial charge in [0.2, 0.25) is 5.91 Å². The van der Waals surface area contributed by atoms with Gasteiger partial charge < -0.3 is 10.2 Å². The van der Waals surface area contributed by atoms with Gasteiger partial charge in [-0.25, -0.2) is 4.39 Å². The standard InChI is InChI=1S/C22H19FN6OS/c23-16-6-4-14(5-7-16)17-8-9-20(26-25-17)29-12-10-15(11-13-29)22(30)24-18-2-1-3-19-21(18)28-31-27-19/h1-9,15H,10-13H2,(H,24,30). The van der Waals surface area contributed by atoms with E-state index in [9.17, 15) is 9.18 Å². The van der Waals surface area contributed by atoms with Crippen LogP contribution in [-0.4, -0.2) is 37.9 Å². The molecule has 0 spiro atoms. The van der Waals surface area contributed by atoms with Gasteiger partial charge in [-0.1, -0.05) is 6.07 Å². The first kappa shape index (κ1) is 19.5. The molecule has 156 valence electrons. The second-order valence-corrected chi connectivity index (χ2v) is 8.00. The van der Waals surface area contributed by atoms with E-state index in [-0.39, 0.29) is 17.6 Å². The molecule has 4 aromatic rings. The van der Waals surface area contributed by atoms with E-state index in [1.54, 1.807) is 12.1 Å². The second kappa shape index (κ2) is 8.35. The fourth-order valence-electron chi connectivity index (χ4n) is 3.78. The molecule has 0 aliphatic carbocycles. The largest absolute Gasteiger partial charge is 0.355 e. The third-order valence-electron chi connectivity index (χ3n) is 5.52. The van der Waals surface area contributed by atoms with Crippen LogP contribution in [0, 0.1) is 11.7 Å². The van der Waals surface area contributed by atoms with Crippen molar-refractivity contribution in [3.8, 4) is 11.3 Å². The van der Waals surface area contributed by atoms with Gasteiger partial charge in [-0.05, 0) is 61.4 Å². The predicted octanol–water partition coefficient (Wildman–Crippen LogP) is 4.14. The molecule has 1 aliphatic heterocycles. The molecule has 1 amide bonds. The van der Waals surface area contributed by atoms with Gasteiger partial charge in [-0.2, -0.15) is 8.75 Å². The van der Waals surface area contributed by atoms with Crippen LogP contribution in [0.5, 0.6) is 0 Å². The molecule has 0 saturated carbocycles. The molecule has 0 bridgehead atoms. The maximum Gasteiger partial charge on any atom is 0.227 e. The van der Waals surface area contributed by atoms with Crippen molar-refractivity contribution in [2.45, 2.75) is 12.8 Å². The first-order chi connectivity index (χ1) is 15.2. The number of carbonyl (C=O) groups is 1. The molecule has 1 fully saturated rings. The maximum absolute atomic E-state index is 13.1. The van der Waals surface area contributed by atoms with Crippen molar-refractivity contribution in [2.75, 3.05) is 23.3 Å². The summed E-state index contributed by atoms with van der Waals surface area (Å²) in [5, 5.41) is 11.6. The van der Waals surface area contributed by atoms with E-state index in [1.165, 1.54) is 12.1 Å². The minimum Gasteiger partial charge on any atom is -0.355 e. The molecule has 0 unspecified atom stereocenters. The van der Waals surface area contributed by atoms with Crippen molar-refractivity contribution in [1.29, 1.82) is 0 Å². The number of rotatable bonds is 4. The van der Waals surface area contributed by atoms with E-state index in [1.807, 2.05) is 30.3 Å². The zero-order chi connectivity index (χ0) is 21.2. The minimum atomic E-state index is -0.278. The number of piperidine rings is 1. The van der Waals surface area contributed by atoms with Crippen LogP contribution in [0.1, 0.15) is 12.8 Å². The van der Waals surface area contributed by atoms with E-state index >= 15 is 0 Å². The molecule has 1 aliphatic rings. The van der Waals surface area contributed by atoms with Crippen molar-refractivity contribution in [3.63, 3.8) is 0 Å². The van der Waals surface area contributed by atoms with Crippen LogP contribution < -0.4 is 10.2 Å². The molecular formula is C22H19FN6OS. The van der Waals surface area contributed by atoms with Crippen molar-refractivity contribution in [3.05, 3.63) is 60.4 Å². The van der Waals surface area contributed by atoms with E-state index in [4.69, 9.17) is 0 Å². The summed E-state index contributed by atoms with van der Waals surface area (Å²) in [5.41, 5.74) is 3.75. The lowest BCUT2D eigenvalue weighted by molar-refractivity contribution is -0.120. The van der Waals surface area contributed by atoms with E-state index in [2.05, 4.69) is 29.2 Å². The number of fused-ring (bicyclic) bond motifs is 1. The third kappa shape index (κ3) is 4.09. The number of anilines is 2. The molecule has 2 aromatic carbocycles. The van der Waals surface area contributed by atoms with Crippen molar-refractivity contribution < 1.29 is 9.18 Å². The van der Waals surface area contributed by atoms with Gasteiger partial charge in [-0.3, -0.25) is 4.79 Å². The van der Waals surface area contributed by atoms with Gasteiger partial charge in [0.25, 0.3) is 0 Å². The first-order valence-corrected chi connectivity index (χ1v) is 10.8. The number of carbonyl (C=O) groups excluding carboxylic acids is 1. The molecule has 7 nitrogen and oxygen atoms in total. The fraction of sp³-hybridized carbons (Fsp3) is 0.227. The summed E-state index contributed by atoms with van der Waals surface area (Å²) in [6.07, 6.45) is 1.47. The van der Waals surface area contributed by atoms with Crippen molar-refractivity contribution >= 4 is 40.2 Å². The van der Waals surface area contributed by atoms with Crippen LogP contribution in [0.4, 0.5) is 15.9 Å². The smallest absolute Gasteiger partial charge is 0.227 e. The quantitative estimate of drug-likeness (QED) is 0.520. The van der Waals surface area contributed by atoms with Gasteiger partial charge in [0.05, 0.1) is 23.1 Å². The van der Waals surface area contributed by atoms with Crippen LogP contribution in [0.2, 0.25) is 0 Å². The summed E-state index contributed by atoms with van der Waals surface area (Å²) in [6, 6.07) is 15.6. The maximum atomic E-state index is 13.1. The Balaban J connectivity index is 1.20. The molecule has 1 saturated heterocycles. The monoisotopic (exact) mass is 434 g/mol. The Morgan fingerprint density at radius 3 is 2.55 bits per heavy atom. The second-order valence-electron chi connectivity index (χ2n) is 7.47. The highest BCUT2D eigenvalue weighted by molar-refractivity contribution is 7.00. The topological polar surface area (TPSA) is 83.9 Å². The van der Waals surface area contributed by atoms with Crippen LogP contribution in [-0.2, 0) is 4.79 Å². The first-order valence-electron chi connectivity index (χ1n) is 10.0. The average molecular weight is 435 g/mol. The fourth-order valence-corrected chi connectivity index (χ4v) is 4.33. The number of hydrogen-bond donors (Lipinski definition) is 1. The molecule has 5 rings (SSSR count). The average Bonchev–Trinajstić information content (AvgIpc) is 3.30. The highest BCUT2D eigenvalue weighted by Crippen LogP contribution is 2.26. The summed E-state index contributed by atoms with van der Waals surface area (Å²) < 4.78 is 21.6.